The van der Waals surface area contributed by atoms with Crippen molar-refractivity contribution in [1.82, 2.24) is 0 Å². The Morgan fingerprint density at radius 1 is 1.23 bits per heavy atom. The van der Waals surface area contributed by atoms with E-state index in [-0.39, 0.29) is 24.3 Å². The number of hydrogen-bond acceptors (Lipinski definition) is 3. The molecule has 0 aliphatic heterocycles. The topological polar surface area (TPSA) is 59.3 Å². The van der Waals surface area contributed by atoms with E-state index in [1.54, 1.807) is 13.0 Å². The number of rotatable bonds is 5. The Balaban J connectivity index is 1.97. The third-order valence-corrected chi connectivity index (χ3v) is 3.15. The van der Waals surface area contributed by atoms with Gasteiger partial charge in [0, 0.05) is 18.9 Å². The van der Waals surface area contributed by atoms with Gasteiger partial charge in [-0.2, -0.15) is 0 Å². The summed E-state index contributed by atoms with van der Waals surface area (Å²) in [6.45, 7) is 3.10. The second kappa shape index (κ2) is 6.51. The van der Waals surface area contributed by atoms with Crippen LogP contribution < -0.4 is 5.32 Å². The molecule has 0 aliphatic rings. The smallest absolute Gasteiger partial charge is 0.224 e. The second-order valence-electron chi connectivity index (χ2n) is 4.91. The molecule has 2 aromatic rings. The van der Waals surface area contributed by atoms with Crippen LogP contribution >= 0.6 is 0 Å². The number of ketones is 1. The number of furan rings is 1. The molecule has 1 amide bonds. The molecule has 2 rings (SSSR count). The molecule has 0 radical (unpaired) electrons. The van der Waals surface area contributed by atoms with Crippen LogP contribution in [0.2, 0.25) is 0 Å². The summed E-state index contributed by atoms with van der Waals surface area (Å²) >= 11 is 0. The Bertz CT molecular complexity index is 722. The highest BCUT2D eigenvalue weighted by molar-refractivity contribution is 5.95. The molecule has 4 nitrogen and oxygen atoms in total. The van der Waals surface area contributed by atoms with E-state index >= 15 is 0 Å². The first-order valence-electron chi connectivity index (χ1n) is 6.72. The Morgan fingerprint density at radius 2 is 1.95 bits per heavy atom. The highest BCUT2D eigenvalue weighted by Gasteiger charge is 2.13. The fourth-order valence-corrected chi connectivity index (χ4v) is 2.06. The number of amides is 1. The molecule has 116 valence electrons. The largest absolute Gasteiger partial charge is 0.466 e. The van der Waals surface area contributed by atoms with Gasteiger partial charge in [-0.1, -0.05) is 0 Å². The van der Waals surface area contributed by atoms with E-state index in [2.05, 4.69) is 5.32 Å². The van der Waals surface area contributed by atoms with Crippen molar-refractivity contribution in [2.75, 3.05) is 5.32 Å². The average Bonchev–Trinajstić information content (AvgIpc) is 2.82. The van der Waals surface area contributed by atoms with Crippen molar-refractivity contribution in [3.63, 3.8) is 0 Å². The number of anilines is 1. The lowest BCUT2D eigenvalue weighted by atomic mass is 10.1. The van der Waals surface area contributed by atoms with Gasteiger partial charge in [0.05, 0.1) is 11.3 Å². The summed E-state index contributed by atoms with van der Waals surface area (Å²) in [6.07, 6.45) is 0.289. The number of aryl methyl sites for hydroxylation is 2. The Hall–Kier alpha value is -2.50. The van der Waals surface area contributed by atoms with E-state index in [9.17, 15) is 18.4 Å². The number of Topliss-reactive ketones (excluding diaryl/α,β-unsaturated/α-hetero) is 1. The van der Waals surface area contributed by atoms with E-state index in [1.165, 1.54) is 6.92 Å². The molecular formula is C16H15F2NO3. The van der Waals surface area contributed by atoms with Crippen molar-refractivity contribution in [3.8, 4) is 0 Å². The Labute approximate surface area is 126 Å². The van der Waals surface area contributed by atoms with E-state index in [0.29, 0.717) is 17.1 Å². The first-order valence-corrected chi connectivity index (χ1v) is 6.72. The summed E-state index contributed by atoms with van der Waals surface area (Å²) < 4.78 is 31.8. The maximum atomic E-state index is 13.4. The van der Waals surface area contributed by atoms with Crippen LogP contribution in [0.1, 0.15) is 35.2 Å². The summed E-state index contributed by atoms with van der Waals surface area (Å²) in [5.74, 6) is -0.926. The number of carbonyl (C=O) groups is 2. The molecule has 0 saturated heterocycles. The lowest BCUT2D eigenvalue weighted by Gasteiger charge is -2.05. The zero-order valence-corrected chi connectivity index (χ0v) is 12.2. The van der Waals surface area contributed by atoms with Gasteiger partial charge in [0.2, 0.25) is 5.91 Å². The fraction of sp³-hybridized carbons (Fsp3) is 0.250. The van der Waals surface area contributed by atoms with Crippen molar-refractivity contribution in [3.05, 3.63) is 53.0 Å². The van der Waals surface area contributed by atoms with E-state index in [4.69, 9.17) is 4.42 Å². The second-order valence-corrected chi connectivity index (χ2v) is 4.91. The van der Waals surface area contributed by atoms with Gasteiger partial charge >= 0.3 is 0 Å². The maximum absolute atomic E-state index is 13.4. The van der Waals surface area contributed by atoms with Crippen molar-refractivity contribution in [2.45, 2.75) is 26.7 Å². The van der Waals surface area contributed by atoms with Gasteiger partial charge < -0.3 is 9.73 Å². The minimum absolute atomic E-state index is 0.0280. The van der Waals surface area contributed by atoms with Crippen LogP contribution in [0.15, 0.2) is 28.7 Å². The molecule has 0 fully saturated rings. The standard InChI is InChI=1S/C16H15F2NO3/c1-9(20)13-8-12(22-10(13)2)4-6-16(21)19-15-7-11(17)3-5-14(15)18/h3,5,7-8H,4,6H2,1-2H3,(H,19,21). The molecule has 0 atom stereocenters. The van der Waals surface area contributed by atoms with Crippen LogP contribution in [0.4, 0.5) is 14.5 Å². The van der Waals surface area contributed by atoms with E-state index in [0.717, 1.165) is 18.2 Å². The number of hydrogen-bond donors (Lipinski definition) is 1. The summed E-state index contributed by atoms with van der Waals surface area (Å²) in [5.41, 5.74) is 0.275. The molecular weight excluding hydrogens is 292 g/mol. The van der Waals surface area contributed by atoms with Gasteiger partial charge in [0.15, 0.2) is 5.78 Å². The Kier molecular flexibility index (Phi) is 4.70. The maximum Gasteiger partial charge on any atom is 0.224 e. The summed E-state index contributed by atoms with van der Waals surface area (Å²) in [6, 6.07) is 4.42. The molecule has 1 aromatic carbocycles. The predicted molar refractivity (Wildman–Crippen MR) is 76.8 cm³/mol. The number of carbonyl (C=O) groups excluding carboxylic acids is 2. The van der Waals surface area contributed by atoms with Crippen LogP contribution in [-0.2, 0) is 11.2 Å². The minimum Gasteiger partial charge on any atom is -0.466 e. The van der Waals surface area contributed by atoms with Crippen molar-refractivity contribution in [1.29, 1.82) is 0 Å². The lowest BCUT2D eigenvalue weighted by Crippen LogP contribution is -2.13. The first kappa shape index (κ1) is 15.9. The van der Waals surface area contributed by atoms with E-state index < -0.39 is 17.5 Å². The van der Waals surface area contributed by atoms with Crippen LogP contribution in [0, 0.1) is 18.6 Å². The summed E-state index contributed by atoms with van der Waals surface area (Å²) in [7, 11) is 0. The number of nitrogens with one attached hydrogen (secondary N) is 1. The summed E-state index contributed by atoms with van der Waals surface area (Å²) in [5, 5.41) is 2.30. The first-order chi connectivity index (χ1) is 10.4. The molecule has 0 saturated carbocycles. The molecule has 0 aliphatic carbocycles. The van der Waals surface area contributed by atoms with Crippen LogP contribution in [-0.4, -0.2) is 11.7 Å². The van der Waals surface area contributed by atoms with Crippen molar-refractivity contribution in [2.24, 2.45) is 0 Å². The lowest BCUT2D eigenvalue weighted by molar-refractivity contribution is -0.116. The van der Waals surface area contributed by atoms with Crippen molar-refractivity contribution < 1.29 is 22.8 Å². The number of benzene rings is 1. The third kappa shape index (κ3) is 3.78. The highest BCUT2D eigenvalue weighted by atomic mass is 19.1. The molecule has 1 aromatic heterocycles. The zero-order chi connectivity index (χ0) is 16.3. The normalized spacial score (nSPS) is 10.5. The monoisotopic (exact) mass is 307 g/mol. The van der Waals surface area contributed by atoms with Crippen molar-refractivity contribution >= 4 is 17.4 Å². The molecule has 6 heteroatoms. The quantitative estimate of drug-likeness (QED) is 0.858. The Morgan fingerprint density at radius 3 is 2.59 bits per heavy atom. The molecule has 1 heterocycles. The predicted octanol–water partition coefficient (Wildman–Crippen LogP) is 3.64. The van der Waals surface area contributed by atoms with Gasteiger partial charge in [-0.3, -0.25) is 9.59 Å². The summed E-state index contributed by atoms with van der Waals surface area (Å²) in [4.78, 5) is 23.1. The average molecular weight is 307 g/mol. The number of halogens is 2. The van der Waals surface area contributed by atoms with Gasteiger partial charge in [-0.25, -0.2) is 8.78 Å². The van der Waals surface area contributed by atoms with Crippen LogP contribution in [0.3, 0.4) is 0 Å². The molecule has 0 bridgehead atoms. The zero-order valence-electron chi connectivity index (χ0n) is 12.2. The molecule has 0 spiro atoms. The van der Waals surface area contributed by atoms with Gasteiger partial charge in [-0.05, 0) is 32.0 Å². The fourth-order valence-electron chi connectivity index (χ4n) is 2.06. The molecule has 22 heavy (non-hydrogen) atoms. The molecule has 1 N–H and O–H groups in total. The van der Waals surface area contributed by atoms with Gasteiger partial charge in [-0.15, -0.1) is 0 Å². The van der Waals surface area contributed by atoms with Crippen LogP contribution in [0.5, 0.6) is 0 Å². The minimum atomic E-state index is -0.706. The molecule has 0 unspecified atom stereocenters. The van der Waals surface area contributed by atoms with Gasteiger partial charge in [0.1, 0.15) is 23.2 Å². The third-order valence-electron chi connectivity index (χ3n) is 3.15. The highest BCUT2D eigenvalue weighted by Crippen LogP contribution is 2.18. The SMILES string of the molecule is CC(=O)c1cc(CCC(=O)Nc2cc(F)ccc2F)oc1C. The van der Waals surface area contributed by atoms with Crippen LogP contribution in [0.25, 0.3) is 0 Å². The van der Waals surface area contributed by atoms with E-state index in [1.807, 2.05) is 0 Å². The van der Waals surface area contributed by atoms with Gasteiger partial charge in [0.25, 0.3) is 0 Å².